The second kappa shape index (κ2) is 7.90. The lowest BCUT2D eigenvalue weighted by atomic mass is 10.0. The van der Waals surface area contributed by atoms with Crippen LogP contribution >= 0.6 is 11.6 Å². The number of nitrogens with two attached hydrogens (primary N) is 1. The Hall–Kier alpha value is -3.05. The largest absolute Gasteiger partial charge is 0.369 e. The summed E-state index contributed by atoms with van der Waals surface area (Å²) in [5.74, 6) is 0.266. The van der Waals surface area contributed by atoms with Gasteiger partial charge in [-0.05, 0) is 41.8 Å². The molecule has 0 saturated carbocycles. The number of anilines is 2. The van der Waals surface area contributed by atoms with Crippen LogP contribution < -0.4 is 16.0 Å². The smallest absolute Gasteiger partial charge is 0.250 e. The average Bonchev–Trinajstić information content (AvgIpc) is 3.18. The minimum absolute atomic E-state index is 0.196. The van der Waals surface area contributed by atoms with Gasteiger partial charge in [-0.1, -0.05) is 48.0 Å². The van der Waals surface area contributed by atoms with Crippen molar-refractivity contribution in [2.75, 3.05) is 23.3 Å². The van der Waals surface area contributed by atoms with Crippen LogP contribution in [0.25, 0.3) is 11.1 Å². The van der Waals surface area contributed by atoms with Gasteiger partial charge in [-0.25, -0.2) is 4.98 Å². The van der Waals surface area contributed by atoms with E-state index in [1.54, 1.807) is 6.20 Å². The Bertz CT molecular complexity index is 993. The van der Waals surface area contributed by atoms with Crippen LogP contribution in [0.2, 0.25) is 5.02 Å². The second-order valence-corrected chi connectivity index (χ2v) is 7.28. The Labute approximate surface area is 169 Å². The number of halogens is 1. The highest BCUT2D eigenvalue weighted by atomic mass is 35.5. The van der Waals surface area contributed by atoms with Gasteiger partial charge in [-0.15, -0.1) is 0 Å². The fraction of sp³-hybridized carbons (Fsp3) is 0.182. The standard InChI is InChI=1S/C22H21ClN4O/c23-19-7-4-11-25-22(19)26-17-10-12-27(14-17)20-9-8-16(13-18(20)21(24)28)15-5-2-1-3-6-15/h1-9,11,13,17H,10,12,14H2,(H2,24,28)(H,25,26)/t17-/m0/s1. The van der Waals surface area contributed by atoms with Crippen molar-refractivity contribution >= 4 is 29.0 Å². The molecular formula is C22H21ClN4O. The van der Waals surface area contributed by atoms with Crippen molar-refractivity contribution in [1.82, 2.24) is 4.98 Å². The lowest BCUT2D eigenvalue weighted by Crippen LogP contribution is -2.28. The van der Waals surface area contributed by atoms with Crippen molar-refractivity contribution < 1.29 is 4.79 Å². The minimum Gasteiger partial charge on any atom is -0.369 e. The van der Waals surface area contributed by atoms with Crippen molar-refractivity contribution in [3.05, 3.63) is 77.4 Å². The van der Waals surface area contributed by atoms with Crippen LogP contribution in [0.4, 0.5) is 11.5 Å². The van der Waals surface area contributed by atoms with Crippen molar-refractivity contribution in [2.45, 2.75) is 12.5 Å². The summed E-state index contributed by atoms with van der Waals surface area (Å²) in [6, 6.07) is 19.7. The number of pyridine rings is 1. The first-order valence-corrected chi connectivity index (χ1v) is 9.61. The van der Waals surface area contributed by atoms with Crippen molar-refractivity contribution in [2.24, 2.45) is 5.73 Å². The van der Waals surface area contributed by atoms with Crippen molar-refractivity contribution in [3.63, 3.8) is 0 Å². The lowest BCUT2D eigenvalue weighted by Gasteiger charge is -2.22. The zero-order valence-electron chi connectivity index (χ0n) is 15.3. The van der Waals surface area contributed by atoms with Crippen LogP contribution in [0.3, 0.4) is 0 Å². The maximum Gasteiger partial charge on any atom is 0.250 e. The molecule has 1 aliphatic rings. The number of aromatic nitrogens is 1. The van der Waals surface area contributed by atoms with E-state index < -0.39 is 5.91 Å². The van der Waals surface area contributed by atoms with Crippen LogP contribution in [0.15, 0.2) is 66.9 Å². The number of hydrogen-bond acceptors (Lipinski definition) is 4. The fourth-order valence-corrected chi connectivity index (χ4v) is 3.78. The SMILES string of the molecule is NC(=O)c1cc(-c2ccccc2)ccc1N1CC[C@H](Nc2ncccc2Cl)C1. The molecule has 1 atom stereocenters. The molecule has 0 aliphatic carbocycles. The Morgan fingerprint density at radius 1 is 1.11 bits per heavy atom. The zero-order valence-corrected chi connectivity index (χ0v) is 16.1. The summed E-state index contributed by atoms with van der Waals surface area (Å²) in [6.45, 7) is 1.57. The number of amides is 1. The summed E-state index contributed by atoms with van der Waals surface area (Å²) in [4.78, 5) is 18.6. The first kappa shape index (κ1) is 18.3. The van der Waals surface area contributed by atoms with Gasteiger partial charge in [0.05, 0.1) is 10.6 Å². The van der Waals surface area contributed by atoms with E-state index in [1.807, 2.05) is 60.7 Å². The van der Waals surface area contributed by atoms with Gasteiger partial charge in [0.15, 0.2) is 0 Å². The third-order valence-electron chi connectivity index (χ3n) is 5.00. The topological polar surface area (TPSA) is 71.2 Å². The monoisotopic (exact) mass is 392 g/mol. The van der Waals surface area contributed by atoms with Gasteiger partial charge in [0.1, 0.15) is 5.82 Å². The maximum absolute atomic E-state index is 12.1. The molecule has 28 heavy (non-hydrogen) atoms. The highest BCUT2D eigenvalue weighted by Crippen LogP contribution is 2.30. The Morgan fingerprint density at radius 2 is 1.93 bits per heavy atom. The van der Waals surface area contributed by atoms with E-state index in [9.17, 15) is 4.79 Å². The number of rotatable bonds is 5. The molecule has 2 aromatic carbocycles. The van der Waals surface area contributed by atoms with Crippen LogP contribution in [0.5, 0.6) is 0 Å². The second-order valence-electron chi connectivity index (χ2n) is 6.87. The van der Waals surface area contributed by atoms with Gasteiger partial charge in [-0.3, -0.25) is 4.79 Å². The van der Waals surface area contributed by atoms with Gasteiger partial charge in [0.2, 0.25) is 0 Å². The molecule has 0 bridgehead atoms. The predicted octanol–water partition coefficient (Wildman–Crippen LogP) is 4.19. The van der Waals surface area contributed by atoms with E-state index in [2.05, 4.69) is 15.2 Å². The molecule has 1 fully saturated rings. The summed E-state index contributed by atoms with van der Waals surface area (Å²) in [7, 11) is 0. The third-order valence-corrected chi connectivity index (χ3v) is 5.30. The van der Waals surface area contributed by atoms with E-state index in [1.165, 1.54) is 0 Å². The molecule has 1 saturated heterocycles. The summed E-state index contributed by atoms with van der Waals surface area (Å²) in [5.41, 5.74) is 9.14. The van der Waals surface area contributed by atoms with E-state index in [0.29, 0.717) is 16.4 Å². The molecule has 0 radical (unpaired) electrons. The van der Waals surface area contributed by atoms with Crippen LogP contribution in [0, 0.1) is 0 Å². The van der Waals surface area contributed by atoms with Crippen LogP contribution in [0.1, 0.15) is 16.8 Å². The number of carbonyl (C=O) groups excluding carboxylic acids is 1. The van der Waals surface area contributed by atoms with Gasteiger partial charge in [0.25, 0.3) is 5.91 Å². The molecule has 1 aliphatic heterocycles. The summed E-state index contributed by atoms with van der Waals surface area (Å²) >= 11 is 6.20. The number of carbonyl (C=O) groups is 1. The quantitative estimate of drug-likeness (QED) is 0.682. The molecule has 142 valence electrons. The van der Waals surface area contributed by atoms with E-state index in [0.717, 1.165) is 36.3 Å². The van der Waals surface area contributed by atoms with Crippen molar-refractivity contribution in [3.8, 4) is 11.1 Å². The number of nitrogens with one attached hydrogen (secondary N) is 1. The number of benzene rings is 2. The fourth-order valence-electron chi connectivity index (χ4n) is 3.60. The molecule has 3 N–H and O–H groups in total. The maximum atomic E-state index is 12.1. The summed E-state index contributed by atoms with van der Waals surface area (Å²) in [6.07, 6.45) is 2.64. The first-order chi connectivity index (χ1) is 13.6. The predicted molar refractivity (Wildman–Crippen MR) is 114 cm³/mol. The molecule has 6 heteroatoms. The molecule has 1 amide bonds. The van der Waals surface area contributed by atoms with Crippen molar-refractivity contribution in [1.29, 1.82) is 0 Å². The molecule has 1 aromatic heterocycles. The number of nitrogens with zero attached hydrogens (tertiary/aromatic N) is 2. The van der Waals surface area contributed by atoms with E-state index in [4.69, 9.17) is 17.3 Å². The van der Waals surface area contributed by atoms with E-state index >= 15 is 0 Å². The van der Waals surface area contributed by atoms with Gasteiger partial charge in [0, 0.05) is 31.0 Å². The molecule has 2 heterocycles. The molecule has 3 aromatic rings. The summed E-state index contributed by atoms with van der Waals surface area (Å²) < 4.78 is 0. The highest BCUT2D eigenvalue weighted by Gasteiger charge is 2.26. The van der Waals surface area contributed by atoms with Gasteiger partial charge in [-0.2, -0.15) is 0 Å². The third kappa shape index (κ3) is 3.80. The Balaban J connectivity index is 1.56. The normalized spacial score (nSPS) is 16.2. The number of primary amides is 1. The van der Waals surface area contributed by atoms with Crippen LogP contribution in [-0.4, -0.2) is 30.0 Å². The molecule has 0 unspecified atom stereocenters. The minimum atomic E-state index is -0.419. The molecule has 5 nitrogen and oxygen atoms in total. The Kier molecular flexibility index (Phi) is 5.17. The first-order valence-electron chi connectivity index (χ1n) is 9.23. The Morgan fingerprint density at radius 3 is 2.68 bits per heavy atom. The lowest BCUT2D eigenvalue weighted by molar-refractivity contribution is 0.100. The van der Waals surface area contributed by atoms with Crippen LogP contribution in [-0.2, 0) is 0 Å². The van der Waals surface area contributed by atoms with E-state index in [-0.39, 0.29) is 6.04 Å². The average molecular weight is 393 g/mol. The zero-order chi connectivity index (χ0) is 19.5. The number of hydrogen-bond donors (Lipinski definition) is 2. The van der Waals surface area contributed by atoms with Gasteiger partial charge < -0.3 is 16.0 Å². The molecule has 4 rings (SSSR count). The van der Waals surface area contributed by atoms with Gasteiger partial charge >= 0.3 is 0 Å². The molecule has 0 spiro atoms. The highest BCUT2D eigenvalue weighted by molar-refractivity contribution is 6.32. The molecular weight excluding hydrogens is 372 g/mol. The summed E-state index contributed by atoms with van der Waals surface area (Å²) in [5, 5.41) is 4.00.